The van der Waals surface area contributed by atoms with E-state index in [4.69, 9.17) is 0 Å². The van der Waals surface area contributed by atoms with Crippen molar-refractivity contribution in [2.24, 2.45) is 5.92 Å². The number of nitrogens with zero attached hydrogens (tertiary/aromatic N) is 5. The van der Waals surface area contributed by atoms with Crippen molar-refractivity contribution in [2.45, 2.75) is 19.8 Å². The minimum Gasteiger partial charge on any atom is -0.351 e. The van der Waals surface area contributed by atoms with Gasteiger partial charge in [-0.1, -0.05) is 61.5 Å². The lowest BCUT2D eigenvalue weighted by Gasteiger charge is -2.37. The predicted molar refractivity (Wildman–Crippen MR) is 129 cm³/mol. The Labute approximate surface area is 189 Å². The van der Waals surface area contributed by atoms with E-state index < -0.39 is 0 Å². The van der Waals surface area contributed by atoms with E-state index in [2.05, 4.69) is 63.3 Å². The molecular weight excluding hydrogens is 398 g/mol. The topological polar surface area (TPSA) is 52.6 Å². The summed E-state index contributed by atoms with van der Waals surface area (Å²) in [6, 6.07) is 18.6. The quantitative estimate of drug-likeness (QED) is 0.633. The molecule has 2 aromatic carbocycles. The number of aromatic nitrogens is 2. The van der Waals surface area contributed by atoms with Gasteiger partial charge in [-0.3, -0.25) is 9.69 Å². The van der Waals surface area contributed by atoms with Crippen LogP contribution >= 0.6 is 0 Å². The summed E-state index contributed by atoms with van der Waals surface area (Å²) in [5.41, 5.74) is 1.99. The molecule has 6 nitrogen and oxygen atoms in total. The monoisotopic (exact) mass is 429 g/mol. The van der Waals surface area contributed by atoms with Gasteiger partial charge in [0.05, 0.1) is 6.54 Å². The van der Waals surface area contributed by atoms with Crippen LogP contribution in [0.5, 0.6) is 0 Å². The molecule has 3 aromatic rings. The molecule has 0 radical (unpaired) electrons. The van der Waals surface area contributed by atoms with Gasteiger partial charge < -0.3 is 9.80 Å². The number of likely N-dealkylation sites (tertiary alicyclic amines) is 1. The van der Waals surface area contributed by atoms with E-state index in [1.807, 2.05) is 23.1 Å². The van der Waals surface area contributed by atoms with Crippen LogP contribution in [0.15, 0.2) is 54.6 Å². The molecule has 0 atom stereocenters. The molecular formula is C26H31N5O. The van der Waals surface area contributed by atoms with Gasteiger partial charge in [-0.25, -0.2) is 0 Å². The van der Waals surface area contributed by atoms with Gasteiger partial charge in [-0.15, -0.1) is 10.2 Å². The molecule has 2 fully saturated rings. The maximum atomic E-state index is 12.8. The van der Waals surface area contributed by atoms with E-state index >= 15 is 0 Å². The molecule has 2 saturated heterocycles. The molecule has 0 saturated carbocycles. The SMILES string of the molecule is CC1CCN(CC(=O)N2CCN(c3nnc(-c4ccccc4)c4ccccc34)CC2)CC1. The van der Waals surface area contributed by atoms with Gasteiger partial charge in [-0.2, -0.15) is 0 Å². The lowest BCUT2D eigenvalue weighted by Crippen LogP contribution is -2.52. The third-order valence-electron chi connectivity index (χ3n) is 6.88. The Bertz CT molecular complexity index is 1070. The van der Waals surface area contributed by atoms with Gasteiger partial charge in [0.15, 0.2) is 5.82 Å². The van der Waals surface area contributed by atoms with E-state index in [-0.39, 0.29) is 5.91 Å². The summed E-state index contributed by atoms with van der Waals surface area (Å²) in [6.45, 7) is 7.99. The third-order valence-corrected chi connectivity index (χ3v) is 6.88. The second kappa shape index (κ2) is 9.25. The van der Waals surface area contributed by atoms with Gasteiger partial charge >= 0.3 is 0 Å². The van der Waals surface area contributed by atoms with E-state index in [1.54, 1.807) is 0 Å². The van der Waals surface area contributed by atoms with Crippen LogP contribution in [-0.4, -0.2) is 71.7 Å². The molecule has 0 unspecified atom stereocenters. The summed E-state index contributed by atoms with van der Waals surface area (Å²) >= 11 is 0. The van der Waals surface area contributed by atoms with Gasteiger partial charge in [-0.05, 0) is 31.8 Å². The molecule has 0 N–H and O–H groups in total. The second-order valence-corrected chi connectivity index (χ2v) is 9.11. The Morgan fingerprint density at radius 2 is 1.50 bits per heavy atom. The molecule has 166 valence electrons. The largest absolute Gasteiger partial charge is 0.351 e. The molecule has 5 rings (SSSR count). The van der Waals surface area contributed by atoms with Crippen molar-refractivity contribution in [3.8, 4) is 11.3 Å². The summed E-state index contributed by atoms with van der Waals surface area (Å²) in [5.74, 6) is 1.96. The first-order chi connectivity index (χ1) is 15.7. The fraction of sp³-hybridized carbons (Fsp3) is 0.423. The van der Waals surface area contributed by atoms with Crippen molar-refractivity contribution >= 4 is 22.5 Å². The number of piperazine rings is 1. The van der Waals surface area contributed by atoms with Crippen LogP contribution in [0.1, 0.15) is 19.8 Å². The van der Waals surface area contributed by atoms with Crippen LogP contribution in [0, 0.1) is 5.92 Å². The fourth-order valence-corrected chi connectivity index (χ4v) is 4.81. The fourth-order valence-electron chi connectivity index (χ4n) is 4.81. The Balaban J connectivity index is 1.29. The highest BCUT2D eigenvalue weighted by Crippen LogP contribution is 2.31. The predicted octanol–water partition coefficient (Wildman–Crippen LogP) is 3.68. The number of hydrogen-bond acceptors (Lipinski definition) is 5. The van der Waals surface area contributed by atoms with Gasteiger partial charge in [0.2, 0.25) is 5.91 Å². The summed E-state index contributed by atoms with van der Waals surface area (Å²) in [5, 5.41) is 11.5. The maximum absolute atomic E-state index is 12.8. The summed E-state index contributed by atoms with van der Waals surface area (Å²) in [7, 11) is 0. The van der Waals surface area contributed by atoms with Crippen molar-refractivity contribution in [1.82, 2.24) is 20.0 Å². The molecule has 0 aliphatic carbocycles. The number of fused-ring (bicyclic) bond motifs is 1. The highest BCUT2D eigenvalue weighted by molar-refractivity contribution is 6.00. The number of carbonyl (C=O) groups excluding carboxylic acids is 1. The first-order valence-corrected chi connectivity index (χ1v) is 11.7. The lowest BCUT2D eigenvalue weighted by atomic mass is 9.99. The van der Waals surface area contributed by atoms with Gasteiger partial charge in [0.25, 0.3) is 0 Å². The second-order valence-electron chi connectivity index (χ2n) is 9.11. The average Bonchev–Trinajstić information content (AvgIpc) is 2.85. The van der Waals surface area contributed by atoms with E-state index in [0.717, 1.165) is 73.0 Å². The molecule has 0 bridgehead atoms. The van der Waals surface area contributed by atoms with E-state index in [0.29, 0.717) is 6.54 Å². The van der Waals surface area contributed by atoms with Crippen LogP contribution in [0.3, 0.4) is 0 Å². The Morgan fingerprint density at radius 3 is 2.22 bits per heavy atom. The van der Waals surface area contributed by atoms with Crippen molar-refractivity contribution in [1.29, 1.82) is 0 Å². The van der Waals surface area contributed by atoms with Crippen LogP contribution in [0.25, 0.3) is 22.0 Å². The molecule has 1 aromatic heterocycles. The zero-order valence-corrected chi connectivity index (χ0v) is 18.8. The normalized spacial score (nSPS) is 18.3. The van der Waals surface area contributed by atoms with Crippen molar-refractivity contribution in [3.63, 3.8) is 0 Å². The molecule has 2 aliphatic heterocycles. The summed E-state index contributed by atoms with van der Waals surface area (Å²) in [4.78, 5) is 19.4. The number of anilines is 1. The Morgan fingerprint density at radius 1 is 0.844 bits per heavy atom. The minimum atomic E-state index is 0.259. The number of rotatable bonds is 4. The van der Waals surface area contributed by atoms with Crippen molar-refractivity contribution in [2.75, 3.05) is 50.7 Å². The molecule has 3 heterocycles. The maximum Gasteiger partial charge on any atom is 0.236 e. The molecule has 0 spiro atoms. The zero-order valence-electron chi connectivity index (χ0n) is 18.8. The number of amides is 1. The molecule has 6 heteroatoms. The van der Waals surface area contributed by atoms with Crippen molar-refractivity contribution < 1.29 is 4.79 Å². The number of hydrogen-bond donors (Lipinski definition) is 0. The van der Waals surface area contributed by atoms with Crippen LogP contribution in [0.2, 0.25) is 0 Å². The van der Waals surface area contributed by atoms with Crippen LogP contribution < -0.4 is 4.90 Å². The Kier molecular flexibility index (Phi) is 6.04. The lowest BCUT2D eigenvalue weighted by molar-refractivity contribution is -0.133. The first-order valence-electron chi connectivity index (χ1n) is 11.7. The first kappa shape index (κ1) is 20.9. The van der Waals surface area contributed by atoms with E-state index in [1.165, 1.54) is 12.8 Å². The Hall–Kier alpha value is -2.99. The van der Waals surface area contributed by atoms with Crippen LogP contribution in [0.4, 0.5) is 5.82 Å². The number of carbonyl (C=O) groups is 1. The molecule has 1 amide bonds. The highest BCUT2D eigenvalue weighted by Gasteiger charge is 2.26. The average molecular weight is 430 g/mol. The number of piperidine rings is 1. The smallest absolute Gasteiger partial charge is 0.236 e. The number of benzene rings is 2. The minimum absolute atomic E-state index is 0.259. The third kappa shape index (κ3) is 4.32. The highest BCUT2D eigenvalue weighted by atomic mass is 16.2. The van der Waals surface area contributed by atoms with E-state index in [9.17, 15) is 4.79 Å². The molecule has 32 heavy (non-hydrogen) atoms. The standard InChI is InChI=1S/C26H31N5O/c1-20-11-13-29(14-12-20)19-24(32)30-15-17-31(18-16-30)26-23-10-6-5-9-22(23)25(27-28-26)21-7-3-2-4-8-21/h2-10,20H,11-19H2,1H3. The summed E-state index contributed by atoms with van der Waals surface area (Å²) < 4.78 is 0. The van der Waals surface area contributed by atoms with Gasteiger partial charge in [0, 0.05) is 42.5 Å². The molecule has 2 aliphatic rings. The van der Waals surface area contributed by atoms with Crippen LogP contribution in [-0.2, 0) is 4.79 Å². The zero-order chi connectivity index (χ0) is 21.9. The summed E-state index contributed by atoms with van der Waals surface area (Å²) in [6.07, 6.45) is 2.40. The van der Waals surface area contributed by atoms with Gasteiger partial charge in [0.1, 0.15) is 5.69 Å². The van der Waals surface area contributed by atoms with Crippen molar-refractivity contribution in [3.05, 3.63) is 54.6 Å².